The number of halogens is 1. The highest BCUT2D eigenvalue weighted by molar-refractivity contribution is 9.10. The van der Waals surface area contributed by atoms with Gasteiger partial charge < -0.3 is 21.1 Å². The molecule has 0 spiro atoms. The van der Waals surface area contributed by atoms with Crippen LogP contribution in [0.4, 0.5) is 5.69 Å². The minimum atomic E-state index is -0.537. The van der Waals surface area contributed by atoms with Crippen LogP contribution in [0.3, 0.4) is 0 Å². The van der Waals surface area contributed by atoms with E-state index in [1.54, 1.807) is 43.3 Å². The Morgan fingerprint density at radius 3 is 2.56 bits per heavy atom. The van der Waals surface area contributed by atoms with Gasteiger partial charge in [-0.25, -0.2) is 0 Å². The van der Waals surface area contributed by atoms with Gasteiger partial charge in [0, 0.05) is 21.4 Å². The topological polar surface area (TPSA) is 73.4 Å². The van der Waals surface area contributed by atoms with Crippen LogP contribution >= 0.6 is 28.1 Å². The summed E-state index contributed by atoms with van der Waals surface area (Å²) in [7, 11) is 0. The van der Waals surface area contributed by atoms with Crippen molar-refractivity contribution in [1.29, 1.82) is 0 Å². The van der Waals surface area contributed by atoms with Gasteiger partial charge in [-0.05, 0) is 49.5 Å². The van der Waals surface area contributed by atoms with Crippen molar-refractivity contribution in [2.24, 2.45) is 0 Å². The van der Waals surface area contributed by atoms with Gasteiger partial charge in [-0.15, -0.1) is 0 Å². The zero-order chi connectivity index (χ0) is 18.0. The summed E-state index contributed by atoms with van der Waals surface area (Å²) in [6.07, 6.45) is 0. The Labute approximate surface area is 159 Å². The van der Waals surface area contributed by atoms with Gasteiger partial charge in [0.25, 0.3) is 5.91 Å². The number of aromatic hydroxyl groups is 1. The lowest BCUT2D eigenvalue weighted by Gasteiger charge is -2.30. The molecule has 0 aliphatic carbocycles. The van der Waals surface area contributed by atoms with Gasteiger partial charge in [-0.1, -0.05) is 34.1 Å². The molecule has 0 saturated heterocycles. The molecule has 2 aromatic carbocycles. The van der Waals surface area contributed by atoms with Crippen LogP contribution in [0.25, 0.3) is 0 Å². The predicted molar refractivity (Wildman–Crippen MR) is 105 cm³/mol. The van der Waals surface area contributed by atoms with Crippen LogP contribution in [0, 0.1) is 0 Å². The Hall–Kier alpha value is -2.38. The SMILES string of the molecule is CC1=C(C(=O)Nc2ccc(Br)cc2)[C@@H](c2ccccc2O)NC(=S)N1. The standard InChI is InChI=1S/C18H16BrN3O2S/c1-10-15(17(24)21-12-8-6-11(19)7-9-12)16(22-18(25)20-10)13-4-2-3-5-14(13)23/h2-9,16,23H,1H3,(H,21,24)(H2,20,22,25)/t16-/m1/s1. The van der Waals surface area contributed by atoms with Gasteiger partial charge in [0.1, 0.15) is 5.75 Å². The largest absolute Gasteiger partial charge is 0.508 e. The smallest absolute Gasteiger partial charge is 0.255 e. The third-order valence-corrected chi connectivity index (χ3v) is 4.61. The van der Waals surface area contributed by atoms with Crippen molar-refractivity contribution in [2.75, 3.05) is 5.32 Å². The lowest BCUT2D eigenvalue weighted by molar-refractivity contribution is -0.113. The van der Waals surface area contributed by atoms with E-state index in [9.17, 15) is 9.90 Å². The second-order valence-corrected chi connectivity index (χ2v) is 6.91. The fourth-order valence-corrected chi connectivity index (χ4v) is 3.23. The van der Waals surface area contributed by atoms with Gasteiger partial charge in [-0.2, -0.15) is 0 Å². The molecular weight excluding hydrogens is 402 g/mol. The highest BCUT2D eigenvalue weighted by Gasteiger charge is 2.31. The Morgan fingerprint density at radius 1 is 1.20 bits per heavy atom. The molecule has 5 nitrogen and oxygen atoms in total. The molecule has 3 rings (SSSR count). The number of benzene rings is 2. The number of amides is 1. The van der Waals surface area contributed by atoms with Gasteiger partial charge in [0.2, 0.25) is 0 Å². The number of phenolic OH excluding ortho intramolecular Hbond substituents is 1. The summed E-state index contributed by atoms with van der Waals surface area (Å²) in [4.78, 5) is 12.9. The molecule has 25 heavy (non-hydrogen) atoms. The van der Waals surface area contributed by atoms with Crippen LogP contribution in [0.5, 0.6) is 5.75 Å². The molecule has 0 fully saturated rings. The predicted octanol–water partition coefficient (Wildman–Crippen LogP) is 3.59. The molecule has 4 N–H and O–H groups in total. The molecule has 0 unspecified atom stereocenters. The zero-order valence-corrected chi connectivity index (χ0v) is 15.7. The lowest BCUT2D eigenvalue weighted by atomic mass is 9.94. The first-order valence-electron chi connectivity index (χ1n) is 7.59. The Kier molecular flexibility index (Phi) is 5.06. The Balaban J connectivity index is 1.96. The van der Waals surface area contributed by atoms with Crippen molar-refractivity contribution < 1.29 is 9.90 Å². The van der Waals surface area contributed by atoms with Crippen LogP contribution in [0.1, 0.15) is 18.5 Å². The number of hydrogen-bond acceptors (Lipinski definition) is 3. The molecule has 1 heterocycles. The lowest BCUT2D eigenvalue weighted by Crippen LogP contribution is -2.45. The van der Waals surface area contributed by atoms with Crippen LogP contribution in [0.15, 0.2) is 64.3 Å². The van der Waals surface area contributed by atoms with E-state index in [0.29, 0.717) is 27.6 Å². The maximum Gasteiger partial charge on any atom is 0.255 e. The molecular formula is C18H16BrN3O2S. The number of nitrogens with one attached hydrogen (secondary N) is 3. The van der Waals surface area contributed by atoms with Crippen molar-refractivity contribution in [2.45, 2.75) is 13.0 Å². The molecule has 7 heteroatoms. The number of allylic oxidation sites excluding steroid dienone is 1. The van der Waals surface area contributed by atoms with Crippen molar-refractivity contribution in [3.05, 3.63) is 69.8 Å². The van der Waals surface area contributed by atoms with E-state index in [4.69, 9.17) is 12.2 Å². The molecule has 1 aliphatic heterocycles. The number of thiocarbonyl (C=S) groups is 1. The monoisotopic (exact) mass is 417 g/mol. The minimum absolute atomic E-state index is 0.103. The van der Waals surface area contributed by atoms with Crippen molar-refractivity contribution >= 4 is 44.9 Å². The third-order valence-electron chi connectivity index (χ3n) is 3.86. The number of anilines is 1. The molecule has 128 valence electrons. The first-order valence-corrected chi connectivity index (χ1v) is 8.79. The summed E-state index contributed by atoms with van der Waals surface area (Å²) >= 11 is 8.58. The highest BCUT2D eigenvalue weighted by Crippen LogP contribution is 2.32. The van der Waals surface area contributed by atoms with Gasteiger partial charge >= 0.3 is 0 Å². The third kappa shape index (κ3) is 3.83. The maximum absolute atomic E-state index is 12.9. The number of hydrogen-bond donors (Lipinski definition) is 4. The van der Waals surface area contributed by atoms with Crippen LogP contribution in [-0.2, 0) is 4.79 Å². The molecule has 0 radical (unpaired) electrons. The molecule has 1 atom stereocenters. The van der Waals surface area contributed by atoms with Crippen molar-refractivity contribution in [3.63, 3.8) is 0 Å². The summed E-state index contributed by atoms with van der Waals surface area (Å²) in [5.74, 6) is -0.165. The molecule has 0 saturated carbocycles. The van der Waals surface area contributed by atoms with Crippen LogP contribution < -0.4 is 16.0 Å². The number of phenols is 1. The molecule has 1 aliphatic rings. The van der Waals surface area contributed by atoms with E-state index in [1.807, 2.05) is 12.1 Å². The van der Waals surface area contributed by atoms with E-state index in [0.717, 1.165) is 4.47 Å². The van der Waals surface area contributed by atoms with Gasteiger partial charge in [-0.3, -0.25) is 4.79 Å². The molecule has 1 amide bonds. The Morgan fingerprint density at radius 2 is 1.88 bits per heavy atom. The second-order valence-electron chi connectivity index (χ2n) is 5.59. The highest BCUT2D eigenvalue weighted by atomic mass is 79.9. The normalized spacial score (nSPS) is 16.9. The number of carbonyl (C=O) groups excluding carboxylic acids is 1. The molecule has 0 bridgehead atoms. The summed E-state index contributed by atoms with van der Waals surface area (Å²) in [5, 5.41) is 19.5. The van der Waals surface area contributed by atoms with Gasteiger partial charge in [0.15, 0.2) is 5.11 Å². The quantitative estimate of drug-likeness (QED) is 0.574. The summed E-state index contributed by atoms with van der Waals surface area (Å²) in [6.45, 7) is 1.79. The van der Waals surface area contributed by atoms with E-state index in [2.05, 4.69) is 31.9 Å². The fraction of sp³-hybridized carbons (Fsp3) is 0.111. The molecule has 2 aromatic rings. The van der Waals surface area contributed by atoms with E-state index >= 15 is 0 Å². The summed E-state index contributed by atoms with van der Waals surface area (Å²) in [6, 6.07) is 13.7. The first-order chi connectivity index (χ1) is 12.0. The number of para-hydroxylation sites is 1. The zero-order valence-electron chi connectivity index (χ0n) is 13.3. The average Bonchev–Trinajstić information content (AvgIpc) is 2.56. The molecule has 0 aromatic heterocycles. The second kappa shape index (κ2) is 7.25. The minimum Gasteiger partial charge on any atom is -0.508 e. The van der Waals surface area contributed by atoms with Crippen molar-refractivity contribution in [1.82, 2.24) is 10.6 Å². The van der Waals surface area contributed by atoms with Crippen LogP contribution in [-0.4, -0.2) is 16.1 Å². The van der Waals surface area contributed by atoms with Crippen LogP contribution in [0.2, 0.25) is 0 Å². The van der Waals surface area contributed by atoms with Crippen molar-refractivity contribution in [3.8, 4) is 5.75 Å². The van der Waals surface area contributed by atoms with E-state index < -0.39 is 6.04 Å². The maximum atomic E-state index is 12.9. The fourth-order valence-electron chi connectivity index (χ4n) is 2.69. The number of rotatable bonds is 3. The average molecular weight is 418 g/mol. The first kappa shape index (κ1) is 17.4. The van der Waals surface area contributed by atoms with E-state index in [-0.39, 0.29) is 11.7 Å². The van der Waals surface area contributed by atoms with E-state index in [1.165, 1.54) is 0 Å². The number of carbonyl (C=O) groups is 1. The van der Waals surface area contributed by atoms with Gasteiger partial charge in [0.05, 0.1) is 11.6 Å². The summed E-state index contributed by atoms with van der Waals surface area (Å²) in [5.41, 5.74) is 2.38. The Bertz CT molecular complexity index is 865. The summed E-state index contributed by atoms with van der Waals surface area (Å²) < 4.78 is 0.930.